The molecule has 0 unspecified atom stereocenters. The van der Waals surface area contributed by atoms with Crippen molar-refractivity contribution in [2.24, 2.45) is 10.3 Å². The molecular weight excluding hydrogens is 300 g/mol. The summed E-state index contributed by atoms with van der Waals surface area (Å²) in [6.45, 7) is 8.27. The van der Waals surface area contributed by atoms with Gasteiger partial charge in [-0.25, -0.2) is 0 Å². The van der Waals surface area contributed by atoms with Crippen molar-refractivity contribution in [3.8, 4) is 11.1 Å². The molecule has 4 heteroatoms. The number of benzene rings is 2. The van der Waals surface area contributed by atoms with E-state index in [1.165, 1.54) is 5.56 Å². The Morgan fingerprint density at radius 3 is 1.75 bits per heavy atom. The molecule has 0 aliphatic heterocycles. The summed E-state index contributed by atoms with van der Waals surface area (Å²) in [6.07, 6.45) is 0.298. The quantitative estimate of drug-likeness (QED) is 0.468. The van der Waals surface area contributed by atoms with E-state index in [1.54, 1.807) is 6.92 Å². The maximum absolute atomic E-state index is 9.17. The minimum atomic E-state index is 0.140. The molecule has 0 bridgehead atoms. The monoisotopic (exact) mass is 324 g/mol. The van der Waals surface area contributed by atoms with Crippen LogP contribution in [0.4, 0.5) is 0 Å². The van der Waals surface area contributed by atoms with Crippen molar-refractivity contribution in [3.63, 3.8) is 0 Å². The van der Waals surface area contributed by atoms with Gasteiger partial charge in [0.2, 0.25) is 0 Å². The molecule has 24 heavy (non-hydrogen) atoms. The zero-order valence-electron chi connectivity index (χ0n) is 14.6. The molecule has 2 rings (SSSR count). The highest BCUT2D eigenvalue weighted by Gasteiger charge is 2.13. The van der Waals surface area contributed by atoms with E-state index >= 15 is 0 Å². The number of nitrogens with zero attached hydrogens (tertiary/aromatic N) is 2. The molecule has 2 aromatic rings. The van der Waals surface area contributed by atoms with Gasteiger partial charge in [-0.15, -0.1) is 0 Å². The summed E-state index contributed by atoms with van der Waals surface area (Å²) in [5, 5.41) is 24.3. The summed E-state index contributed by atoms with van der Waals surface area (Å²) in [7, 11) is 0. The van der Waals surface area contributed by atoms with Gasteiger partial charge in [0.05, 0.1) is 11.4 Å². The summed E-state index contributed by atoms with van der Waals surface area (Å²) in [5.74, 6) is 0. The van der Waals surface area contributed by atoms with Crippen LogP contribution in [0.5, 0.6) is 0 Å². The molecule has 0 heterocycles. The lowest BCUT2D eigenvalue weighted by Gasteiger charge is -2.19. The molecule has 126 valence electrons. The first-order chi connectivity index (χ1) is 11.3. The van der Waals surface area contributed by atoms with Crippen molar-refractivity contribution in [2.75, 3.05) is 0 Å². The van der Waals surface area contributed by atoms with E-state index in [0.717, 1.165) is 16.7 Å². The van der Waals surface area contributed by atoms with Gasteiger partial charge in [-0.3, -0.25) is 0 Å². The van der Waals surface area contributed by atoms with Crippen LogP contribution < -0.4 is 0 Å². The average molecular weight is 324 g/mol. The molecule has 0 atom stereocenters. The van der Waals surface area contributed by atoms with Crippen LogP contribution in [0.2, 0.25) is 0 Å². The van der Waals surface area contributed by atoms with Crippen LogP contribution in [0, 0.1) is 0 Å². The van der Waals surface area contributed by atoms with Crippen molar-refractivity contribution >= 4 is 11.4 Å². The Balaban J connectivity index is 2.23. The third kappa shape index (κ3) is 4.22. The summed E-state index contributed by atoms with van der Waals surface area (Å²) < 4.78 is 0. The Kier molecular flexibility index (Phi) is 5.39. The lowest BCUT2D eigenvalue weighted by Crippen LogP contribution is -2.10. The van der Waals surface area contributed by atoms with E-state index in [-0.39, 0.29) is 5.41 Å². The van der Waals surface area contributed by atoms with Crippen LogP contribution in [0.25, 0.3) is 11.1 Å². The van der Waals surface area contributed by atoms with Crippen molar-refractivity contribution < 1.29 is 10.4 Å². The maximum atomic E-state index is 9.17. The highest BCUT2D eigenvalue weighted by molar-refractivity contribution is 6.11. The van der Waals surface area contributed by atoms with Crippen molar-refractivity contribution in [1.82, 2.24) is 0 Å². The van der Waals surface area contributed by atoms with Crippen LogP contribution >= 0.6 is 0 Å². The first-order valence-corrected chi connectivity index (χ1v) is 7.95. The predicted molar refractivity (Wildman–Crippen MR) is 98.4 cm³/mol. The number of hydrogen-bond acceptors (Lipinski definition) is 4. The van der Waals surface area contributed by atoms with Gasteiger partial charge in [-0.1, -0.05) is 79.6 Å². The van der Waals surface area contributed by atoms with E-state index in [0.29, 0.717) is 17.8 Å². The summed E-state index contributed by atoms with van der Waals surface area (Å²) in [6, 6.07) is 16.4. The zero-order valence-corrected chi connectivity index (χ0v) is 14.6. The van der Waals surface area contributed by atoms with Crippen LogP contribution in [0.1, 0.15) is 45.2 Å². The molecule has 0 saturated carbocycles. The summed E-state index contributed by atoms with van der Waals surface area (Å²) in [5.41, 5.74) is 5.45. The van der Waals surface area contributed by atoms with Gasteiger partial charge in [0.25, 0.3) is 0 Å². The number of rotatable bonds is 4. The summed E-state index contributed by atoms with van der Waals surface area (Å²) in [4.78, 5) is 0. The Morgan fingerprint density at radius 2 is 1.33 bits per heavy atom. The molecule has 2 aromatic carbocycles. The second-order valence-electron chi connectivity index (χ2n) is 6.96. The van der Waals surface area contributed by atoms with Gasteiger partial charge < -0.3 is 10.4 Å². The molecule has 0 aliphatic rings. The van der Waals surface area contributed by atoms with Gasteiger partial charge in [0, 0.05) is 6.42 Å². The predicted octanol–water partition coefficient (Wildman–Crippen LogP) is 5.07. The van der Waals surface area contributed by atoms with Crippen LogP contribution in [-0.4, -0.2) is 21.8 Å². The van der Waals surface area contributed by atoms with E-state index in [9.17, 15) is 0 Å². The topological polar surface area (TPSA) is 65.2 Å². The van der Waals surface area contributed by atoms with Gasteiger partial charge in [0.15, 0.2) is 0 Å². The van der Waals surface area contributed by atoms with Gasteiger partial charge in [-0.2, -0.15) is 0 Å². The molecular formula is C20H24N2O2. The lowest BCUT2D eigenvalue weighted by molar-refractivity contribution is 0.315. The van der Waals surface area contributed by atoms with E-state index in [1.807, 2.05) is 24.3 Å². The van der Waals surface area contributed by atoms with Gasteiger partial charge >= 0.3 is 0 Å². The third-order valence-electron chi connectivity index (χ3n) is 4.02. The van der Waals surface area contributed by atoms with Gasteiger partial charge in [-0.05, 0) is 34.6 Å². The first-order valence-electron chi connectivity index (χ1n) is 7.95. The molecule has 0 fully saturated rings. The lowest BCUT2D eigenvalue weighted by atomic mass is 9.86. The molecule has 2 N–H and O–H groups in total. The Morgan fingerprint density at radius 1 is 0.833 bits per heavy atom. The van der Waals surface area contributed by atoms with Crippen LogP contribution in [0.15, 0.2) is 58.8 Å². The molecule has 0 aromatic heterocycles. The Hall–Kier alpha value is -2.62. The number of oxime groups is 2. The van der Waals surface area contributed by atoms with Crippen LogP contribution in [0.3, 0.4) is 0 Å². The smallest absolute Gasteiger partial charge is 0.0924 e. The molecule has 0 radical (unpaired) electrons. The van der Waals surface area contributed by atoms with Crippen LogP contribution in [-0.2, 0) is 5.41 Å². The fourth-order valence-electron chi connectivity index (χ4n) is 2.49. The van der Waals surface area contributed by atoms with Crippen molar-refractivity contribution in [3.05, 3.63) is 59.7 Å². The van der Waals surface area contributed by atoms with Crippen molar-refractivity contribution in [1.29, 1.82) is 0 Å². The normalized spacial score (nSPS) is 13.2. The highest BCUT2D eigenvalue weighted by atomic mass is 16.4. The van der Waals surface area contributed by atoms with Gasteiger partial charge in [0.1, 0.15) is 0 Å². The van der Waals surface area contributed by atoms with Crippen molar-refractivity contribution in [2.45, 2.75) is 39.5 Å². The zero-order chi connectivity index (χ0) is 17.7. The second-order valence-corrected chi connectivity index (χ2v) is 6.96. The maximum Gasteiger partial charge on any atom is 0.0924 e. The number of hydrogen-bond donors (Lipinski definition) is 2. The van der Waals surface area contributed by atoms with E-state index in [4.69, 9.17) is 10.4 Å². The minimum Gasteiger partial charge on any atom is -0.411 e. The molecule has 4 nitrogen and oxygen atoms in total. The average Bonchev–Trinajstić information content (AvgIpc) is 2.59. The fraction of sp³-hybridized carbons (Fsp3) is 0.300. The Bertz CT molecular complexity index is 737. The standard InChI is InChI=1S/C20H24N2O2/c1-14(21-23)13-19(22-24)17-7-5-15(6-8-17)16-9-11-18(12-10-16)20(2,3)4/h5-12,23-24H,13H2,1-4H3. The van der Waals surface area contributed by atoms with E-state index in [2.05, 4.69) is 55.3 Å². The van der Waals surface area contributed by atoms with E-state index < -0.39 is 0 Å². The SMILES string of the molecule is CC(CC(=NO)c1ccc(-c2ccc(C(C)(C)C)cc2)cc1)=NO. The summed E-state index contributed by atoms with van der Waals surface area (Å²) >= 11 is 0. The largest absolute Gasteiger partial charge is 0.411 e. The highest BCUT2D eigenvalue weighted by Crippen LogP contribution is 2.26. The molecule has 0 aliphatic carbocycles. The third-order valence-corrected chi connectivity index (χ3v) is 4.02. The minimum absolute atomic E-state index is 0.140. The molecule has 0 saturated heterocycles. The molecule has 0 amide bonds. The molecule has 0 spiro atoms. The first kappa shape index (κ1) is 17.7. The Labute approximate surface area is 143 Å². The fourth-order valence-corrected chi connectivity index (χ4v) is 2.49. The second kappa shape index (κ2) is 7.30.